The van der Waals surface area contributed by atoms with Crippen LogP contribution in [0.15, 0.2) is 58.4 Å². The second kappa shape index (κ2) is 7.00. The van der Waals surface area contributed by atoms with Crippen molar-refractivity contribution in [2.24, 2.45) is 4.99 Å². The molecule has 0 radical (unpaired) electrons. The number of nitrogens with zero attached hydrogens (tertiary/aromatic N) is 2. The van der Waals surface area contributed by atoms with Crippen LogP contribution in [0.25, 0.3) is 0 Å². The SMILES string of the molecule is CCS(=O)(=O)c1ccc(N2CC(O)(CO)N=C2c2ccc(Cl)cc2)cc1. The van der Waals surface area contributed by atoms with Gasteiger partial charge in [0.15, 0.2) is 15.6 Å². The summed E-state index contributed by atoms with van der Waals surface area (Å²) in [5, 5.41) is 20.5. The lowest BCUT2D eigenvalue weighted by Gasteiger charge is -2.23. The van der Waals surface area contributed by atoms with E-state index < -0.39 is 22.2 Å². The first kappa shape index (κ1) is 18.8. The summed E-state index contributed by atoms with van der Waals surface area (Å²) in [6, 6.07) is 13.4. The average Bonchev–Trinajstić information content (AvgIpc) is 3.01. The van der Waals surface area contributed by atoms with Gasteiger partial charge in [0.2, 0.25) is 0 Å². The van der Waals surface area contributed by atoms with E-state index in [9.17, 15) is 18.6 Å². The summed E-state index contributed by atoms with van der Waals surface area (Å²) in [6.07, 6.45) is 0. The van der Waals surface area contributed by atoms with Crippen LogP contribution in [0.1, 0.15) is 12.5 Å². The quantitative estimate of drug-likeness (QED) is 0.810. The highest BCUT2D eigenvalue weighted by Gasteiger charge is 2.38. The molecule has 0 saturated carbocycles. The summed E-state index contributed by atoms with van der Waals surface area (Å²) in [5.41, 5.74) is -0.231. The first-order valence-corrected chi connectivity index (χ1v) is 10.1. The van der Waals surface area contributed by atoms with Crippen LogP contribution in [0.2, 0.25) is 5.02 Å². The third kappa shape index (κ3) is 3.61. The van der Waals surface area contributed by atoms with Crippen molar-refractivity contribution in [2.75, 3.05) is 23.8 Å². The predicted octanol–water partition coefficient (Wildman–Crippen LogP) is 2.08. The molecule has 8 heteroatoms. The molecule has 1 heterocycles. The number of aliphatic hydroxyl groups is 2. The van der Waals surface area contributed by atoms with Gasteiger partial charge in [0.1, 0.15) is 5.84 Å². The second-order valence-corrected chi connectivity index (χ2v) is 8.78. The third-order valence-corrected chi connectivity index (χ3v) is 6.23. The first-order valence-electron chi connectivity index (χ1n) is 8.07. The molecule has 1 atom stereocenters. The van der Waals surface area contributed by atoms with Crippen LogP contribution in [-0.2, 0) is 9.84 Å². The molecule has 6 nitrogen and oxygen atoms in total. The van der Waals surface area contributed by atoms with Crippen LogP contribution in [0, 0.1) is 0 Å². The number of β-amino-alcohol motifs (C(OH)–C–C–N with tert-alkyl or cyclic N) is 1. The Hall–Kier alpha value is -1.93. The third-order valence-electron chi connectivity index (χ3n) is 4.22. The summed E-state index contributed by atoms with van der Waals surface area (Å²) in [5.74, 6) is 0.502. The molecule has 0 saturated heterocycles. The van der Waals surface area contributed by atoms with Crippen molar-refractivity contribution in [2.45, 2.75) is 17.5 Å². The molecule has 0 amide bonds. The molecule has 2 aromatic rings. The van der Waals surface area contributed by atoms with Crippen molar-refractivity contribution in [1.82, 2.24) is 0 Å². The van der Waals surface area contributed by atoms with Crippen molar-refractivity contribution < 1.29 is 18.6 Å². The van der Waals surface area contributed by atoms with Gasteiger partial charge >= 0.3 is 0 Å². The number of hydrogen-bond acceptors (Lipinski definition) is 6. The van der Waals surface area contributed by atoms with Gasteiger partial charge in [-0.3, -0.25) is 0 Å². The molecular weight excluding hydrogens is 376 g/mol. The normalized spacial score (nSPS) is 20.3. The van der Waals surface area contributed by atoms with E-state index in [-0.39, 0.29) is 17.2 Å². The van der Waals surface area contributed by atoms with Gasteiger partial charge in [0.25, 0.3) is 0 Å². The smallest absolute Gasteiger partial charge is 0.199 e. The Labute approximate surface area is 157 Å². The van der Waals surface area contributed by atoms with Gasteiger partial charge < -0.3 is 15.1 Å². The highest BCUT2D eigenvalue weighted by atomic mass is 35.5. The fourth-order valence-electron chi connectivity index (χ4n) is 2.74. The molecule has 1 aliphatic rings. The molecule has 0 fully saturated rings. The number of aliphatic imine (C=N–C) groups is 1. The second-order valence-electron chi connectivity index (χ2n) is 6.07. The van der Waals surface area contributed by atoms with E-state index in [1.165, 1.54) is 12.1 Å². The molecule has 0 spiro atoms. The minimum Gasteiger partial charge on any atom is -0.391 e. The highest BCUT2D eigenvalue weighted by Crippen LogP contribution is 2.29. The lowest BCUT2D eigenvalue weighted by molar-refractivity contribution is 0.00794. The Bertz CT molecular complexity index is 927. The molecule has 2 aromatic carbocycles. The van der Waals surface area contributed by atoms with Crippen LogP contribution in [-0.4, -0.2) is 49.1 Å². The van der Waals surface area contributed by atoms with E-state index in [0.29, 0.717) is 16.5 Å². The Morgan fingerprint density at radius 1 is 1.15 bits per heavy atom. The minimum atomic E-state index is -3.29. The zero-order valence-electron chi connectivity index (χ0n) is 14.1. The Morgan fingerprint density at radius 2 is 1.77 bits per heavy atom. The first-order chi connectivity index (χ1) is 12.3. The zero-order valence-corrected chi connectivity index (χ0v) is 15.7. The van der Waals surface area contributed by atoms with Crippen LogP contribution in [0.5, 0.6) is 0 Å². The van der Waals surface area contributed by atoms with Gasteiger partial charge in [-0.2, -0.15) is 0 Å². The van der Waals surface area contributed by atoms with Crippen molar-refractivity contribution in [3.05, 3.63) is 59.1 Å². The van der Waals surface area contributed by atoms with Crippen LogP contribution in [0.4, 0.5) is 5.69 Å². The lowest BCUT2D eigenvalue weighted by Crippen LogP contribution is -2.38. The van der Waals surface area contributed by atoms with E-state index in [4.69, 9.17) is 11.6 Å². The maximum absolute atomic E-state index is 12.0. The van der Waals surface area contributed by atoms with E-state index in [0.717, 1.165) is 5.56 Å². The van der Waals surface area contributed by atoms with E-state index in [2.05, 4.69) is 4.99 Å². The molecule has 0 aliphatic carbocycles. The standard InChI is InChI=1S/C18H19ClN2O4S/c1-2-26(24,25)16-9-7-15(8-10-16)21-11-18(23,12-22)20-17(21)13-3-5-14(19)6-4-13/h3-10,22-23H,2,11-12H2,1H3. The fourth-order valence-corrected chi connectivity index (χ4v) is 3.75. The predicted molar refractivity (Wildman–Crippen MR) is 102 cm³/mol. The molecule has 26 heavy (non-hydrogen) atoms. The zero-order chi connectivity index (χ0) is 18.9. The molecule has 1 unspecified atom stereocenters. The summed E-state index contributed by atoms with van der Waals surface area (Å²) in [7, 11) is -3.29. The topological polar surface area (TPSA) is 90.2 Å². The number of rotatable bonds is 5. The maximum Gasteiger partial charge on any atom is 0.199 e. The van der Waals surface area contributed by atoms with Gasteiger partial charge in [-0.1, -0.05) is 18.5 Å². The molecule has 2 N–H and O–H groups in total. The van der Waals surface area contributed by atoms with E-state index in [1.54, 1.807) is 48.2 Å². The average molecular weight is 395 g/mol. The Morgan fingerprint density at radius 3 is 2.31 bits per heavy atom. The highest BCUT2D eigenvalue weighted by molar-refractivity contribution is 7.91. The Kier molecular flexibility index (Phi) is 5.07. The minimum absolute atomic E-state index is 0.0256. The summed E-state index contributed by atoms with van der Waals surface area (Å²) in [4.78, 5) is 6.25. The summed E-state index contributed by atoms with van der Waals surface area (Å²) < 4.78 is 24.0. The fraction of sp³-hybridized carbons (Fsp3) is 0.278. The molecular formula is C18H19ClN2O4S. The lowest BCUT2D eigenvalue weighted by atomic mass is 10.1. The molecule has 3 rings (SSSR count). The number of benzene rings is 2. The number of halogens is 1. The van der Waals surface area contributed by atoms with Gasteiger partial charge in [-0.25, -0.2) is 13.4 Å². The number of aliphatic hydroxyl groups excluding tert-OH is 1. The largest absolute Gasteiger partial charge is 0.391 e. The number of amidine groups is 1. The van der Waals surface area contributed by atoms with Crippen molar-refractivity contribution >= 4 is 33.0 Å². The van der Waals surface area contributed by atoms with Crippen LogP contribution < -0.4 is 4.90 Å². The van der Waals surface area contributed by atoms with Gasteiger partial charge in [-0.15, -0.1) is 0 Å². The molecule has 1 aliphatic heterocycles. The van der Waals surface area contributed by atoms with Crippen molar-refractivity contribution in [3.8, 4) is 0 Å². The van der Waals surface area contributed by atoms with Crippen LogP contribution >= 0.6 is 11.6 Å². The summed E-state index contributed by atoms with van der Waals surface area (Å²) >= 11 is 5.93. The molecule has 0 aromatic heterocycles. The number of hydrogen-bond donors (Lipinski definition) is 2. The molecule has 0 bridgehead atoms. The number of sulfone groups is 1. The maximum atomic E-state index is 12.0. The summed E-state index contributed by atoms with van der Waals surface area (Å²) in [6.45, 7) is 1.13. The van der Waals surface area contributed by atoms with Gasteiger partial charge in [-0.05, 0) is 48.5 Å². The van der Waals surface area contributed by atoms with Crippen molar-refractivity contribution in [1.29, 1.82) is 0 Å². The number of anilines is 1. The molecule has 138 valence electrons. The van der Waals surface area contributed by atoms with Crippen molar-refractivity contribution in [3.63, 3.8) is 0 Å². The van der Waals surface area contributed by atoms with Gasteiger partial charge in [0.05, 0.1) is 23.8 Å². The van der Waals surface area contributed by atoms with Crippen LogP contribution in [0.3, 0.4) is 0 Å². The van der Waals surface area contributed by atoms with Gasteiger partial charge in [0, 0.05) is 16.3 Å². The van der Waals surface area contributed by atoms with E-state index in [1.807, 2.05) is 0 Å². The monoisotopic (exact) mass is 394 g/mol. The van der Waals surface area contributed by atoms with E-state index >= 15 is 0 Å². The Balaban J connectivity index is 2.00.